The van der Waals surface area contributed by atoms with E-state index in [2.05, 4.69) is 15.6 Å². The van der Waals surface area contributed by atoms with Crippen LogP contribution in [0.4, 0.5) is 9.93 Å². The van der Waals surface area contributed by atoms with Gasteiger partial charge in [0.1, 0.15) is 11.7 Å². The lowest BCUT2D eigenvalue weighted by Gasteiger charge is -2.19. The number of nitrogens with zero attached hydrogens (tertiary/aromatic N) is 1. The molecule has 120 valence electrons. The molecule has 8 heteroatoms. The molecule has 0 bridgehead atoms. The number of thiazole rings is 1. The summed E-state index contributed by atoms with van der Waals surface area (Å²) in [6.45, 7) is 5.89. The Labute approximate surface area is 128 Å². The van der Waals surface area contributed by atoms with E-state index in [0.717, 1.165) is 11.3 Å². The molecule has 0 aliphatic carbocycles. The maximum absolute atomic E-state index is 11.6. The molecule has 0 aromatic carbocycles. The SMILES string of the molecule is CNCCC(O)C(O)c1cnc(NC(=O)OC(C)(C)C)s1. The number of anilines is 1. The van der Waals surface area contributed by atoms with Crippen molar-refractivity contribution < 1.29 is 19.7 Å². The summed E-state index contributed by atoms with van der Waals surface area (Å²) in [4.78, 5) is 16.1. The fourth-order valence-electron chi connectivity index (χ4n) is 1.51. The van der Waals surface area contributed by atoms with Gasteiger partial charge in [-0.05, 0) is 40.8 Å². The second-order valence-electron chi connectivity index (χ2n) is 5.60. The Balaban J connectivity index is 2.58. The Hall–Kier alpha value is -1.22. The van der Waals surface area contributed by atoms with E-state index in [9.17, 15) is 15.0 Å². The van der Waals surface area contributed by atoms with Gasteiger partial charge in [0.2, 0.25) is 0 Å². The number of hydrogen-bond acceptors (Lipinski definition) is 7. The molecule has 1 aromatic rings. The molecule has 1 aromatic heterocycles. The number of hydrogen-bond donors (Lipinski definition) is 4. The molecule has 4 N–H and O–H groups in total. The van der Waals surface area contributed by atoms with E-state index in [1.54, 1.807) is 27.8 Å². The van der Waals surface area contributed by atoms with Crippen molar-refractivity contribution >= 4 is 22.6 Å². The summed E-state index contributed by atoms with van der Waals surface area (Å²) >= 11 is 1.10. The Bertz CT molecular complexity index is 459. The molecule has 0 fully saturated rings. The summed E-state index contributed by atoms with van der Waals surface area (Å²) in [5.74, 6) is 0. The average molecular weight is 317 g/mol. The smallest absolute Gasteiger partial charge is 0.413 e. The number of ether oxygens (including phenoxy) is 1. The monoisotopic (exact) mass is 317 g/mol. The van der Waals surface area contributed by atoms with Crippen LogP contribution in [0, 0.1) is 0 Å². The van der Waals surface area contributed by atoms with E-state index < -0.39 is 23.9 Å². The lowest BCUT2D eigenvalue weighted by molar-refractivity contribution is 0.0160. The van der Waals surface area contributed by atoms with E-state index in [0.29, 0.717) is 23.0 Å². The van der Waals surface area contributed by atoms with E-state index in [1.807, 2.05) is 0 Å². The molecule has 2 atom stereocenters. The Morgan fingerprint density at radius 1 is 1.48 bits per heavy atom. The molecule has 1 amide bonds. The minimum absolute atomic E-state index is 0.319. The second kappa shape index (κ2) is 7.69. The lowest BCUT2D eigenvalue weighted by atomic mass is 10.1. The maximum Gasteiger partial charge on any atom is 0.413 e. The fraction of sp³-hybridized carbons (Fsp3) is 0.692. The van der Waals surface area contributed by atoms with Crippen LogP contribution < -0.4 is 10.6 Å². The number of aliphatic hydroxyl groups is 2. The van der Waals surface area contributed by atoms with E-state index >= 15 is 0 Å². The highest BCUT2D eigenvalue weighted by Crippen LogP contribution is 2.27. The van der Waals surface area contributed by atoms with Gasteiger partial charge in [-0.2, -0.15) is 0 Å². The molecular formula is C13H23N3O4S. The van der Waals surface area contributed by atoms with Crippen LogP contribution in [0.1, 0.15) is 38.2 Å². The summed E-state index contributed by atoms with van der Waals surface area (Å²) in [7, 11) is 1.77. The third-order valence-corrected chi connectivity index (χ3v) is 3.46. The molecule has 0 radical (unpaired) electrons. The first-order chi connectivity index (χ1) is 9.73. The van der Waals surface area contributed by atoms with Gasteiger partial charge >= 0.3 is 6.09 Å². The predicted octanol–water partition coefficient (Wildman–Crippen LogP) is 1.49. The first kappa shape index (κ1) is 17.8. The normalized spacial score (nSPS) is 14.6. The van der Waals surface area contributed by atoms with Crippen molar-refractivity contribution in [3.63, 3.8) is 0 Å². The van der Waals surface area contributed by atoms with Gasteiger partial charge in [-0.25, -0.2) is 9.78 Å². The van der Waals surface area contributed by atoms with Gasteiger partial charge in [-0.1, -0.05) is 11.3 Å². The molecule has 0 spiro atoms. The highest BCUT2D eigenvalue weighted by molar-refractivity contribution is 7.15. The Kier molecular flexibility index (Phi) is 6.53. The van der Waals surface area contributed by atoms with Crippen LogP contribution in [-0.4, -0.2) is 46.6 Å². The summed E-state index contributed by atoms with van der Waals surface area (Å²) in [6.07, 6.45) is -0.652. The number of aromatic nitrogens is 1. The molecule has 1 rings (SSSR count). The zero-order valence-corrected chi connectivity index (χ0v) is 13.5. The number of nitrogens with one attached hydrogen (secondary N) is 2. The van der Waals surface area contributed by atoms with Crippen molar-refractivity contribution in [2.45, 2.75) is 45.0 Å². The van der Waals surface area contributed by atoms with Crippen LogP contribution in [0.5, 0.6) is 0 Å². The largest absolute Gasteiger partial charge is 0.444 e. The van der Waals surface area contributed by atoms with Gasteiger partial charge in [-0.15, -0.1) is 0 Å². The number of carbonyl (C=O) groups excluding carboxylic acids is 1. The Morgan fingerprint density at radius 3 is 2.71 bits per heavy atom. The molecule has 0 aliphatic rings. The molecule has 0 saturated carbocycles. The highest BCUT2D eigenvalue weighted by Gasteiger charge is 2.22. The highest BCUT2D eigenvalue weighted by atomic mass is 32.1. The molecule has 0 saturated heterocycles. The summed E-state index contributed by atoms with van der Waals surface area (Å²) < 4.78 is 5.11. The van der Waals surface area contributed by atoms with Gasteiger partial charge < -0.3 is 20.3 Å². The average Bonchev–Trinajstić information content (AvgIpc) is 2.80. The van der Waals surface area contributed by atoms with Crippen LogP contribution in [0.15, 0.2) is 6.20 Å². The van der Waals surface area contributed by atoms with Crippen LogP contribution in [0.2, 0.25) is 0 Å². The van der Waals surface area contributed by atoms with Crippen molar-refractivity contribution in [2.24, 2.45) is 0 Å². The second-order valence-corrected chi connectivity index (χ2v) is 6.66. The Morgan fingerprint density at radius 2 is 2.14 bits per heavy atom. The zero-order chi connectivity index (χ0) is 16.0. The van der Waals surface area contributed by atoms with Gasteiger partial charge in [0.25, 0.3) is 0 Å². The molecule has 2 unspecified atom stereocenters. The van der Waals surface area contributed by atoms with Crippen molar-refractivity contribution in [3.05, 3.63) is 11.1 Å². The summed E-state index contributed by atoms with van der Waals surface area (Å²) in [5, 5.41) is 25.5. The van der Waals surface area contributed by atoms with Crippen LogP contribution in [0.25, 0.3) is 0 Å². The van der Waals surface area contributed by atoms with E-state index in [1.165, 1.54) is 6.20 Å². The predicted molar refractivity (Wildman–Crippen MR) is 81.5 cm³/mol. The van der Waals surface area contributed by atoms with Crippen molar-refractivity contribution in [1.29, 1.82) is 0 Å². The number of carbonyl (C=O) groups is 1. The van der Waals surface area contributed by atoms with Crippen LogP contribution >= 0.6 is 11.3 Å². The van der Waals surface area contributed by atoms with Gasteiger partial charge in [-0.3, -0.25) is 5.32 Å². The van der Waals surface area contributed by atoms with Crippen molar-refractivity contribution in [1.82, 2.24) is 10.3 Å². The topological polar surface area (TPSA) is 104 Å². The quantitative estimate of drug-likeness (QED) is 0.634. The standard InChI is InChI=1S/C13H23N3O4S/c1-13(2,3)20-12(19)16-11-15-7-9(21-11)10(18)8(17)5-6-14-4/h7-8,10,14,17-18H,5-6H2,1-4H3,(H,15,16,19). The van der Waals surface area contributed by atoms with Gasteiger partial charge in [0, 0.05) is 6.20 Å². The zero-order valence-electron chi connectivity index (χ0n) is 12.7. The van der Waals surface area contributed by atoms with Crippen LogP contribution in [-0.2, 0) is 4.74 Å². The minimum Gasteiger partial charge on any atom is -0.444 e. The molecule has 21 heavy (non-hydrogen) atoms. The molecular weight excluding hydrogens is 294 g/mol. The van der Waals surface area contributed by atoms with Crippen molar-refractivity contribution in [3.8, 4) is 0 Å². The van der Waals surface area contributed by atoms with Gasteiger partial charge in [0.15, 0.2) is 5.13 Å². The lowest BCUT2D eigenvalue weighted by Crippen LogP contribution is -2.27. The molecule has 1 heterocycles. The number of amides is 1. The summed E-state index contributed by atoms with van der Waals surface area (Å²) in [5.41, 5.74) is -0.590. The minimum atomic E-state index is -1.02. The van der Waals surface area contributed by atoms with Crippen LogP contribution in [0.3, 0.4) is 0 Å². The van der Waals surface area contributed by atoms with E-state index in [-0.39, 0.29) is 0 Å². The van der Waals surface area contributed by atoms with E-state index in [4.69, 9.17) is 4.74 Å². The number of rotatable bonds is 6. The first-order valence-electron chi connectivity index (χ1n) is 6.69. The van der Waals surface area contributed by atoms with Gasteiger partial charge in [0.05, 0.1) is 11.0 Å². The maximum atomic E-state index is 11.6. The third kappa shape index (κ3) is 6.38. The molecule has 0 aliphatic heterocycles. The van der Waals surface area contributed by atoms with Crippen molar-refractivity contribution in [2.75, 3.05) is 18.9 Å². The third-order valence-electron chi connectivity index (χ3n) is 2.48. The number of aliphatic hydroxyl groups excluding tert-OH is 2. The fourth-order valence-corrected chi connectivity index (χ4v) is 2.36. The molecule has 7 nitrogen and oxygen atoms in total. The summed E-state index contributed by atoms with van der Waals surface area (Å²) in [6, 6.07) is 0. The first-order valence-corrected chi connectivity index (χ1v) is 7.51.